The quantitative estimate of drug-likeness (QED) is 0.355. The first-order chi connectivity index (χ1) is 17.7. The number of nitrogens with one attached hydrogen (secondary N) is 2. The first-order valence-electron chi connectivity index (χ1n) is 12.4. The second kappa shape index (κ2) is 13.0. The fourth-order valence-corrected chi connectivity index (χ4v) is 4.25. The molecule has 0 bridgehead atoms. The van der Waals surface area contributed by atoms with Crippen LogP contribution in [0.15, 0.2) is 42.7 Å². The summed E-state index contributed by atoms with van der Waals surface area (Å²) in [5.74, 6) is 1.69. The van der Waals surface area contributed by atoms with Gasteiger partial charge in [0.2, 0.25) is 0 Å². The number of ether oxygens (including phenoxy) is 4. The first-order valence-corrected chi connectivity index (χ1v) is 12.4. The second-order valence-corrected chi connectivity index (χ2v) is 8.74. The number of methoxy groups -OCH3 is 2. The monoisotopic (exact) mass is 494 g/mol. The minimum absolute atomic E-state index is 0.0511. The number of carbonyl (C=O) groups is 1. The van der Waals surface area contributed by atoms with Crippen molar-refractivity contribution in [3.63, 3.8) is 0 Å². The number of carbonyl (C=O) groups excluding carboxylic acids is 1. The molecule has 1 heterocycles. The Balaban J connectivity index is 1.56. The molecule has 192 valence electrons. The molecule has 1 saturated carbocycles. The lowest BCUT2D eigenvalue weighted by atomic mass is 9.95. The van der Waals surface area contributed by atoms with Gasteiger partial charge in [0.1, 0.15) is 25.4 Å². The maximum Gasteiger partial charge on any atom is 0.251 e. The largest absolute Gasteiger partial charge is 0.487 e. The van der Waals surface area contributed by atoms with Gasteiger partial charge in [-0.05, 0) is 37.1 Å². The fourth-order valence-electron chi connectivity index (χ4n) is 4.25. The second-order valence-electron chi connectivity index (χ2n) is 8.74. The molecule has 4 rings (SSSR count). The van der Waals surface area contributed by atoms with E-state index in [0.717, 1.165) is 23.9 Å². The van der Waals surface area contributed by atoms with Crippen LogP contribution in [0.1, 0.15) is 42.5 Å². The van der Waals surface area contributed by atoms with E-state index >= 15 is 0 Å². The Morgan fingerprint density at radius 2 is 1.64 bits per heavy atom. The van der Waals surface area contributed by atoms with Crippen molar-refractivity contribution < 1.29 is 23.7 Å². The molecule has 2 aromatic carbocycles. The molecule has 0 aliphatic heterocycles. The van der Waals surface area contributed by atoms with Gasteiger partial charge in [-0.15, -0.1) is 0 Å². The van der Waals surface area contributed by atoms with E-state index in [1.54, 1.807) is 14.2 Å². The van der Waals surface area contributed by atoms with Crippen LogP contribution >= 0.6 is 0 Å². The standard InChI is InChI=1S/C27H34N4O5/c1-33-11-13-35-24-16-22-23(17-25(24)36-14-12-34-2)28-18-29-26(22)30-21-10-6-7-19(15-21)27(32)31-20-8-4-3-5-9-20/h6-7,10,15-18,20H,3-5,8-9,11-14H2,1-2H3,(H,31,32)(H,28,29,30). The van der Waals surface area contributed by atoms with E-state index in [1.807, 2.05) is 36.4 Å². The van der Waals surface area contributed by atoms with Crippen LogP contribution in [0.5, 0.6) is 11.5 Å². The number of amides is 1. The summed E-state index contributed by atoms with van der Waals surface area (Å²) >= 11 is 0. The molecule has 9 nitrogen and oxygen atoms in total. The summed E-state index contributed by atoms with van der Waals surface area (Å²) in [5, 5.41) is 7.28. The molecular weight excluding hydrogens is 460 g/mol. The van der Waals surface area contributed by atoms with E-state index in [2.05, 4.69) is 20.6 Å². The van der Waals surface area contributed by atoms with Crippen LogP contribution in [-0.4, -0.2) is 62.6 Å². The lowest BCUT2D eigenvalue weighted by Crippen LogP contribution is -2.36. The number of fused-ring (bicyclic) bond motifs is 1. The van der Waals surface area contributed by atoms with E-state index < -0.39 is 0 Å². The van der Waals surface area contributed by atoms with Crippen molar-refractivity contribution in [1.29, 1.82) is 0 Å². The minimum Gasteiger partial charge on any atom is -0.487 e. The molecule has 1 amide bonds. The van der Waals surface area contributed by atoms with Crippen molar-refractivity contribution in [1.82, 2.24) is 15.3 Å². The van der Waals surface area contributed by atoms with Gasteiger partial charge in [-0.25, -0.2) is 9.97 Å². The average Bonchev–Trinajstić information content (AvgIpc) is 2.90. The third-order valence-electron chi connectivity index (χ3n) is 6.12. The fraction of sp³-hybridized carbons (Fsp3) is 0.444. The van der Waals surface area contributed by atoms with Gasteiger partial charge in [0, 0.05) is 43.0 Å². The highest BCUT2D eigenvalue weighted by Crippen LogP contribution is 2.35. The number of aromatic nitrogens is 2. The maximum absolute atomic E-state index is 12.8. The highest BCUT2D eigenvalue weighted by molar-refractivity contribution is 5.96. The Morgan fingerprint density at radius 1 is 0.917 bits per heavy atom. The summed E-state index contributed by atoms with van der Waals surface area (Å²) in [4.78, 5) is 21.7. The van der Waals surface area contributed by atoms with Crippen LogP contribution in [0.3, 0.4) is 0 Å². The number of hydrogen-bond acceptors (Lipinski definition) is 8. The van der Waals surface area contributed by atoms with Gasteiger partial charge in [-0.1, -0.05) is 25.3 Å². The maximum atomic E-state index is 12.8. The summed E-state index contributed by atoms with van der Waals surface area (Å²) in [6.07, 6.45) is 7.17. The Morgan fingerprint density at radius 3 is 2.36 bits per heavy atom. The Bertz CT molecular complexity index is 1150. The highest BCUT2D eigenvalue weighted by atomic mass is 16.5. The van der Waals surface area contributed by atoms with E-state index in [9.17, 15) is 4.79 Å². The summed E-state index contributed by atoms with van der Waals surface area (Å²) in [5.41, 5.74) is 2.07. The molecule has 1 aliphatic carbocycles. The lowest BCUT2D eigenvalue weighted by Gasteiger charge is -2.22. The SMILES string of the molecule is COCCOc1cc2ncnc(Nc3cccc(C(=O)NC4CCCCC4)c3)c2cc1OCCOC. The molecule has 0 saturated heterocycles. The van der Waals surface area contributed by atoms with Gasteiger partial charge in [0.25, 0.3) is 5.91 Å². The van der Waals surface area contributed by atoms with Crippen molar-refractivity contribution in [3.05, 3.63) is 48.3 Å². The molecule has 0 unspecified atom stereocenters. The van der Waals surface area contributed by atoms with E-state index in [-0.39, 0.29) is 11.9 Å². The van der Waals surface area contributed by atoms with E-state index in [0.29, 0.717) is 54.8 Å². The smallest absolute Gasteiger partial charge is 0.251 e. The van der Waals surface area contributed by atoms with Crippen molar-refractivity contribution in [2.75, 3.05) is 46.0 Å². The highest BCUT2D eigenvalue weighted by Gasteiger charge is 2.17. The number of hydrogen-bond donors (Lipinski definition) is 2. The molecule has 1 aliphatic rings. The number of anilines is 2. The van der Waals surface area contributed by atoms with Gasteiger partial charge >= 0.3 is 0 Å². The predicted molar refractivity (Wildman–Crippen MR) is 138 cm³/mol. The van der Waals surface area contributed by atoms with Gasteiger partial charge < -0.3 is 29.6 Å². The molecule has 2 N–H and O–H groups in total. The predicted octanol–water partition coefficient (Wildman–Crippen LogP) is 4.49. The Labute approximate surface area is 211 Å². The van der Waals surface area contributed by atoms with Gasteiger partial charge in [-0.3, -0.25) is 4.79 Å². The normalized spacial score (nSPS) is 13.9. The topological polar surface area (TPSA) is 104 Å². The van der Waals surface area contributed by atoms with Gasteiger partial charge in [0.15, 0.2) is 11.5 Å². The zero-order valence-corrected chi connectivity index (χ0v) is 20.9. The first kappa shape index (κ1) is 25.7. The molecule has 0 atom stereocenters. The molecule has 3 aromatic rings. The number of benzene rings is 2. The summed E-state index contributed by atoms with van der Waals surface area (Å²) in [6, 6.07) is 11.4. The zero-order valence-electron chi connectivity index (χ0n) is 20.9. The molecule has 0 radical (unpaired) electrons. The van der Waals surface area contributed by atoms with Crippen molar-refractivity contribution in [2.24, 2.45) is 0 Å². The van der Waals surface area contributed by atoms with Crippen LogP contribution in [-0.2, 0) is 9.47 Å². The van der Waals surface area contributed by atoms with Crippen molar-refractivity contribution in [2.45, 2.75) is 38.1 Å². The molecule has 0 spiro atoms. The molecule has 1 aromatic heterocycles. The Kier molecular flexibility index (Phi) is 9.29. The number of nitrogens with zero attached hydrogens (tertiary/aromatic N) is 2. The van der Waals surface area contributed by atoms with Crippen LogP contribution in [0.2, 0.25) is 0 Å². The third kappa shape index (κ3) is 6.83. The molecule has 1 fully saturated rings. The van der Waals surface area contributed by atoms with Gasteiger partial charge in [0.05, 0.1) is 18.7 Å². The Hall–Kier alpha value is -3.43. The number of rotatable bonds is 12. The van der Waals surface area contributed by atoms with Crippen molar-refractivity contribution >= 4 is 28.3 Å². The van der Waals surface area contributed by atoms with Crippen LogP contribution in [0, 0.1) is 0 Å². The van der Waals surface area contributed by atoms with E-state index in [4.69, 9.17) is 18.9 Å². The average molecular weight is 495 g/mol. The summed E-state index contributed by atoms with van der Waals surface area (Å²) in [6.45, 7) is 1.66. The summed E-state index contributed by atoms with van der Waals surface area (Å²) in [7, 11) is 3.25. The van der Waals surface area contributed by atoms with E-state index in [1.165, 1.54) is 25.6 Å². The molecule has 36 heavy (non-hydrogen) atoms. The van der Waals surface area contributed by atoms with Crippen molar-refractivity contribution in [3.8, 4) is 11.5 Å². The zero-order chi connectivity index (χ0) is 25.2. The lowest BCUT2D eigenvalue weighted by molar-refractivity contribution is 0.0927. The van der Waals surface area contributed by atoms with Crippen LogP contribution < -0.4 is 20.1 Å². The summed E-state index contributed by atoms with van der Waals surface area (Å²) < 4.78 is 22.0. The van der Waals surface area contributed by atoms with Crippen LogP contribution in [0.4, 0.5) is 11.5 Å². The third-order valence-corrected chi connectivity index (χ3v) is 6.12. The molecular formula is C27H34N4O5. The minimum atomic E-state index is -0.0511. The molecule has 9 heteroatoms. The van der Waals surface area contributed by atoms with Gasteiger partial charge in [-0.2, -0.15) is 0 Å². The van der Waals surface area contributed by atoms with Crippen LogP contribution in [0.25, 0.3) is 10.9 Å².